The minimum Gasteiger partial charge on any atom is -0.249 e. The molecule has 1 atom stereocenters. The van der Waals surface area contributed by atoms with Crippen molar-refractivity contribution in [1.82, 2.24) is 15.0 Å². The van der Waals surface area contributed by atoms with Crippen molar-refractivity contribution in [2.24, 2.45) is 17.8 Å². The van der Waals surface area contributed by atoms with E-state index in [-0.39, 0.29) is 0 Å². The maximum atomic E-state index is 4.21. The van der Waals surface area contributed by atoms with Gasteiger partial charge in [0.1, 0.15) is 0 Å². The van der Waals surface area contributed by atoms with E-state index in [9.17, 15) is 0 Å². The molecular formula is C15H29N3. The predicted molar refractivity (Wildman–Crippen MR) is 76.4 cm³/mol. The van der Waals surface area contributed by atoms with Crippen LogP contribution in [0.3, 0.4) is 0 Å². The van der Waals surface area contributed by atoms with E-state index in [4.69, 9.17) is 0 Å². The Morgan fingerprint density at radius 2 is 1.83 bits per heavy atom. The number of unbranched alkanes of at least 4 members (excludes halogenated alkanes) is 1. The van der Waals surface area contributed by atoms with Gasteiger partial charge in [0.15, 0.2) is 0 Å². The average molecular weight is 251 g/mol. The van der Waals surface area contributed by atoms with Crippen LogP contribution in [0.1, 0.15) is 59.6 Å². The molecule has 0 aliphatic carbocycles. The first-order valence-electron chi connectivity index (χ1n) is 7.38. The lowest BCUT2D eigenvalue weighted by Crippen LogP contribution is -2.12. The number of aromatic nitrogens is 3. The smallest absolute Gasteiger partial charge is 0.0725 e. The van der Waals surface area contributed by atoms with Crippen LogP contribution in [0, 0.1) is 17.8 Å². The molecule has 104 valence electrons. The van der Waals surface area contributed by atoms with Crippen molar-refractivity contribution >= 4 is 0 Å². The molecule has 0 saturated heterocycles. The van der Waals surface area contributed by atoms with E-state index in [1.165, 1.54) is 25.0 Å². The van der Waals surface area contributed by atoms with Crippen molar-refractivity contribution < 1.29 is 0 Å². The lowest BCUT2D eigenvalue weighted by atomic mass is 9.93. The molecule has 3 nitrogen and oxygen atoms in total. The largest absolute Gasteiger partial charge is 0.249 e. The van der Waals surface area contributed by atoms with E-state index in [1.54, 1.807) is 0 Å². The Hall–Kier alpha value is -0.860. The van der Waals surface area contributed by atoms with Gasteiger partial charge < -0.3 is 0 Å². The summed E-state index contributed by atoms with van der Waals surface area (Å²) in [6.07, 6.45) is 6.84. The number of hydrogen-bond donors (Lipinski definition) is 0. The fourth-order valence-electron chi connectivity index (χ4n) is 2.01. The Kier molecular flexibility index (Phi) is 6.37. The van der Waals surface area contributed by atoms with E-state index < -0.39 is 0 Å². The molecule has 18 heavy (non-hydrogen) atoms. The highest BCUT2D eigenvalue weighted by Gasteiger charge is 2.12. The molecule has 0 spiro atoms. The lowest BCUT2D eigenvalue weighted by molar-refractivity contribution is 0.397. The minimum atomic E-state index is 0.693. The van der Waals surface area contributed by atoms with E-state index in [0.29, 0.717) is 11.8 Å². The topological polar surface area (TPSA) is 30.7 Å². The van der Waals surface area contributed by atoms with Gasteiger partial charge in [-0.25, -0.2) is 4.68 Å². The Bertz CT molecular complexity index is 328. The zero-order chi connectivity index (χ0) is 13.5. The Morgan fingerprint density at radius 3 is 2.44 bits per heavy atom. The molecule has 1 rings (SSSR count). The summed E-state index contributed by atoms with van der Waals surface area (Å²) >= 11 is 0. The molecular weight excluding hydrogens is 222 g/mol. The Morgan fingerprint density at radius 1 is 1.11 bits per heavy atom. The maximum absolute atomic E-state index is 4.21. The number of aryl methyl sites for hydroxylation is 1. The zero-order valence-electron chi connectivity index (χ0n) is 12.7. The molecule has 1 aromatic rings. The first-order valence-corrected chi connectivity index (χ1v) is 7.38. The summed E-state index contributed by atoms with van der Waals surface area (Å²) in [6, 6.07) is 0. The fourth-order valence-corrected chi connectivity index (χ4v) is 2.01. The molecule has 0 N–H and O–H groups in total. The summed E-state index contributed by atoms with van der Waals surface area (Å²) in [5, 5.41) is 8.27. The third kappa shape index (κ3) is 5.19. The SMILES string of the molecule is CC(C)CCCCn1nncc1CC(C)C(C)C. The van der Waals surface area contributed by atoms with Gasteiger partial charge in [0.25, 0.3) is 0 Å². The number of nitrogens with zero attached hydrogens (tertiary/aromatic N) is 3. The van der Waals surface area contributed by atoms with Gasteiger partial charge in [0.2, 0.25) is 0 Å². The predicted octanol–water partition coefficient (Wildman–Crippen LogP) is 3.94. The Balaban J connectivity index is 2.40. The van der Waals surface area contributed by atoms with Gasteiger partial charge in [-0.15, -0.1) is 5.10 Å². The van der Waals surface area contributed by atoms with Gasteiger partial charge in [0, 0.05) is 6.54 Å². The van der Waals surface area contributed by atoms with E-state index in [2.05, 4.69) is 49.6 Å². The average Bonchev–Trinajstić information content (AvgIpc) is 2.71. The van der Waals surface area contributed by atoms with E-state index >= 15 is 0 Å². The van der Waals surface area contributed by atoms with Crippen LogP contribution >= 0.6 is 0 Å². The Labute approximate surface area is 112 Å². The summed E-state index contributed by atoms with van der Waals surface area (Å²) in [5.41, 5.74) is 1.29. The number of hydrogen-bond acceptors (Lipinski definition) is 2. The quantitative estimate of drug-likeness (QED) is 0.655. The zero-order valence-corrected chi connectivity index (χ0v) is 12.7. The second kappa shape index (κ2) is 7.55. The molecule has 0 aliphatic heterocycles. The second-order valence-corrected chi connectivity index (χ2v) is 6.26. The summed E-state index contributed by atoms with van der Waals surface area (Å²) in [4.78, 5) is 0. The third-order valence-electron chi connectivity index (χ3n) is 3.77. The van der Waals surface area contributed by atoms with Gasteiger partial charge in [-0.2, -0.15) is 0 Å². The molecule has 0 amide bonds. The minimum absolute atomic E-state index is 0.693. The number of rotatable bonds is 8. The van der Waals surface area contributed by atoms with Crippen LogP contribution in [0.15, 0.2) is 6.20 Å². The maximum Gasteiger partial charge on any atom is 0.0725 e. The van der Waals surface area contributed by atoms with Crippen molar-refractivity contribution in [2.45, 2.75) is 66.8 Å². The molecule has 0 saturated carbocycles. The van der Waals surface area contributed by atoms with Gasteiger partial charge in [-0.05, 0) is 30.6 Å². The van der Waals surface area contributed by atoms with Crippen molar-refractivity contribution in [3.05, 3.63) is 11.9 Å². The van der Waals surface area contributed by atoms with Gasteiger partial charge in [0.05, 0.1) is 11.9 Å². The van der Waals surface area contributed by atoms with Crippen LogP contribution in [0.4, 0.5) is 0 Å². The van der Waals surface area contributed by atoms with Gasteiger partial charge >= 0.3 is 0 Å². The second-order valence-electron chi connectivity index (χ2n) is 6.26. The molecule has 0 radical (unpaired) electrons. The van der Waals surface area contributed by atoms with E-state index in [1.807, 2.05) is 6.20 Å². The van der Waals surface area contributed by atoms with Crippen molar-refractivity contribution in [3.63, 3.8) is 0 Å². The van der Waals surface area contributed by atoms with E-state index in [0.717, 1.165) is 18.9 Å². The molecule has 1 aromatic heterocycles. The molecule has 1 unspecified atom stereocenters. The van der Waals surface area contributed by atoms with Crippen molar-refractivity contribution in [1.29, 1.82) is 0 Å². The monoisotopic (exact) mass is 251 g/mol. The van der Waals surface area contributed by atoms with Gasteiger partial charge in [-0.1, -0.05) is 52.7 Å². The van der Waals surface area contributed by atoms with Crippen LogP contribution < -0.4 is 0 Å². The van der Waals surface area contributed by atoms with Crippen LogP contribution in [0.25, 0.3) is 0 Å². The van der Waals surface area contributed by atoms with Crippen molar-refractivity contribution in [3.8, 4) is 0 Å². The third-order valence-corrected chi connectivity index (χ3v) is 3.77. The first-order chi connectivity index (χ1) is 8.50. The summed E-state index contributed by atoms with van der Waals surface area (Å²) in [6.45, 7) is 12.5. The molecule has 0 aliphatic rings. The van der Waals surface area contributed by atoms with Crippen LogP contribution in [0.2, 0.25) is 0 Å². The van der Waals surface area contributed by atoms with Gasteiger partial charge in [-0.3, -0.25) is 0 Å². The summed E-state index contributed by atoms with van der Waals surface area (Å²) in [7, 11) is 0. The highest BCUT2D eigenvalue weighted by Crippen LogP contribution is 2.16. The normalized spacial score (nSPS) is 13.5. The van der Waals surface area contributed by atoms with Crippen LogP contribution in [-0.4, -0.2) is 15.0 Å². The molecule has 1 heterocycles. The highest BCUT2D eigenvalue weighted by atomic mass is 15.4. The lowest BCUT2D eigenvalue weighted by Gasteiger charge is -2.15. The standard InChI is InChI=1S/C15H29N3/c1-12(2)8-6-7-9-18-15(11-16-17-18)10-14(5)13(3)4/h11-14H,6-10H2,1-5H3. The first kappa shape index (κ1) is 15.2. The summed E-state index contributed by atoms with van der Waals surface area (Å²) in [5.74, 6) is 2.22. The van der Waals surface area contributed by atoms with Crippen molar-refractivity contribution in [2.75, 3.05) is 0 Å². The van der Waals surface area contributed by atoms with Crippen LogP contribution in [-0.2, 0) is 13.0 Å². The van der Waals surface area contributed by atoms with Crippen LogP contribution in [0.5, 0.6) is 0 Å². The molecule has 0 aromatic carbocycles. The molecule has 3 heteroatoms. The summed E-state index contributed by atoms with van der Waals surface area (Å²) < 4.78 is 2.10. The molecule has 0 fully saturated rings. The highest BCUT2D eigenvalue weighted by molar-refractivity contribution is 4.95. The fraction of sp³-hybridized carbons (Fsp3) is 0.867. The molecule has 0 bridgehead atoms.